The number of nitrogens with zero attached hydrogens (tertiary/aromatic N) is 3. The van der Waals surface area contributed by atoms with Gasteiger partial charge in [0.1, 0.15) is 11.9 Å². The molecule has 0 bridgehead atoms. The Balaban J connectivity index is 1.49. The zero-order valence-electron chi connectivity index (χ0n) is 15.4. The molecule has 1 unspecified atom stereocenters. The Morgan fingerprint density at radius 2 is 2.00 bits per heavy atom. The smallest absolute Gasteiger partial charge is 0.255 e. The number of imide groups is 1. The fourth-order valence-electron chi connectivity index (χ4n) is 3.98. The van der Waals surface area contributed by atoms with Gasteiger partial charge in [-0.05, 0) is 42.3 Å². The Kier molecular flexibility index (Phi) is 3.80. The van der Waals surface area contributed by atoms with E-state index in [9.17, 15) is 14.4 Å². The first-order valence-electron chi connectivity index (χ1n) is 9.30. The number of carbonyl (C=O) groups excluding carboxylic acids is 3. The minimum Gasteiger partial charge on any atom is -0.383 e. The summed E-state index contributed by atoms with van der Waals surface area (Å²) in [5.41, 5.74) is 9.71. The summed E-state index contributed by atoms with van der Waals surface area (Å²) in [4.78, 5) is 46.8. The molecule has 5 rings (SSSR count). The van der Waals surface area contributed by atoms with Crippen LogP contribution in [0, 0.1) is 0 Å². The van der Waals surface area contributed by atoms with E-state index < -0.39 is 11.9 Å². The van der Waals surface area contributed by atoms with Gasteiger partial charge in [0, 0.05) is 35.7 Å². The number of aromatic nitrogens is 2. The molecule has 3 amide bonds. The highest BCUT2D eigenvalue weighted by Crippen LogP contribution is 2.32. The van der Waals surface area contributed by atoms with Crippen LogP contribution in [0.4, 0.5) is 5.82 Å². The van der Waals surface area contributed by atoms with Crippen molar-refractivity contribution >= 4 is 34.4 Å². The van der Waals surface area contributed by atoms with Gasteiger partial charge in [-0.2, -0.15) is 0 Å². The number of carbonyl (C=O) groups is 3. The Morgan fingerprint density at radius 3 is 2.83 bits per heavy atom. The van der Waals surface area contributed by atoms with Gasteiger partial charge in [-0.15, -0.1) is 0 Å². The summed E-state index contributed by atoms with van der Waals surface area (Å²) in [5.74, 6) is -0.523. The maximum absolute atomic E-state index is 12.8. The molecule has 2 aromatic heterocycles. The molecule has 4 heterocycles. The predicted molar refractivity (Wildman–Crippen MR) is 105 cm³/mol. The van der Waals surface area contributed by atoms with Crippen LogP contribution in [-0.2, 0) is 16.1 Å². The fourth-order valence-corrected chi connectivity index (χ4v) is 3.98. The highest BCUT2D eigenvalue weighted by molar-refractivity contribution is 6.05. The van der Waals surface area contributed by atoms with E-state index in [-0.39, 0.29) is 18.2 Å². The first-order valence-corrected chi connectivity index (χ1v) is 9.30. The van der Waals surface area contributed by atoms with Crippen molar-refractivity contribution in [3.8, 4) is 11.3 Å². The van der Waals surface area contributed by atoms with Gasteiger partial charge >= 0.3 is 0 Å². The Morgan fingerprint density at radius 1 is 1.14 bits per heavy atom. The predicted octanol–water partition coefficient (Wildman–Crippen LogP) is 1.64. The second kappa shape index (κ2) is 6.37. The molecule has 1 fully saturated rings. The second-order valence-electron chi connectivity index (χ2n) is 7.23. The molecule has 0 spiro atoms. The summed E-state index contributed by atoms with van der Waals surface area (Å²) in [6, 6.07) is 10.4. The van der Waals surface area contributed by atoms with E-state index >= 15 is 0 Å². The van der Waals surface area contributed by atoms with Crippen molar-refractivity contribution < 1.29 is 14.4 Å². The molecule has 29 heavy (non-hydrogen) atoms. The molecule has 8 nitrogen and oxygen atoms in total. The third-order valence-electron chi connectivity index (χ3n) is 5.45. The van der Waals surface area contributed by atoms with E-state index in [0.29, 0.717) is 30.0 Å². The van der Waals surface area contributed by atoms with Gasteiger partial charge in [-0.25, -0.2) is 4.98 Å². The molecule has 3 aromatic rings. The van der Waals surface area contributed by atoms with Crippen LogP contribution < -0.4 is 11.1 Å². The Bertz CT molecular complexity index is 1210. The van der Waals surface area contributed by atoms with Crippen molar-refractivity contribution in [2.45, 2.75) is 25.4 Å². The van der Waals surface area contributed by atoms with E-state index in [2.05, 4.69) is 15.3 Å². The number of pyridine rings is 2. The third-order valence-corrected chi connectivity index (χ3v) is 5.45. The number of nitrogens with two attached hydrogens (primary N) is 1. The molecular formula is C21H17N5O3. The summed E-state index contributed by atoms with van der Waals surface area (Å²) in [7, 11) is 0. The molecule has 1 saturated heterocycles. The van der Waals surface area contributed by atoms with Gasteiger partial charge in [0.25, 0.3) is 5.91 Å². The van der Waals surface area contributed by atoms with Gasteiger partial charge in [0.05, 0.1) is 11.2 Å². The topological polar surface area (TPSA) is 118 Å². The Hall–Kier alpha value is -3.81. The lowest BCUT2D eigenvalue weighted by Gasteiger charge is -2.29. The molecule has 1 atom stereocenters. The van der Waals surface area contributed by atoms with Crippen molar-refractivity contribution in [2.75, 3.05) is 5.73 Å². The normalized spacial score (nSPS) is 18.8. The zero-order chi connectivity index (χ0) is 20.1. The lowest BCUT2D eigenvalue weighted by molar-refractivity contribution is -0.136. The summed E-state index contributed by atoms with van der Waals surface area (Å²) < 4.78 is 0. The minimum atomic E-state index is -0.630. The molecule has 0 saturated carbocycles. The van der Waals surface area contributed by atoms with Crippen molar-refractivity contribution in [3.05, 3.63) is 53.7 Å². The quantitative estimate of drug-likeness (QED) is 0.646. The number of anilines is 1. The fraction of sp³-hybridized carbons (Fsp3) is 0.190. The lowest BCUT2D eigenvalue weighted by atomic mass is 10.0. The number of rotatable bonds is 2. The van der Waals surface area contributed by atoms with E-state index in [1.807, 2.05) is 30.3 Å². The molecule has 2 aliphatic rings. The van der Waals surface area contributed by atoms with Crippen molar-refractivity contribution in [3.63, 3.8) is 0 Å². The van der Waals surface area contributed by atoms with Crippen LogP contribution in [0.2, 0.25) is 0 Å². The first kappa shape index (κ1) is 17.3. The molecule has 144 valence electrons. The average molecular weight is 387 g/mol. The van der Waals surface area contributed by atoms with E-state index in [1.54, 1.807) is 12.3 Å². The van der Waals surface area contributed by atoms with Crippen LogP contribution >= 0.6 is 0 Å². The van der Waals surface area contributed by atoms with Crippen LogP contribution in [0.15, 0.2) is 42.6 Å². The number of benzene rings is 1. The van der Waals surface area contributed by atoms with Crippen LogP contribution in [0.5, 0.6) is 0 Å². The molecule has 0 radical (unpaired) electrons. The molecule has 3 N–H and O–H groups in total. The summed E-state index contributed by atoms with van der Waals surface area (Å²) >= 11 is 0. The van der Waals surface area contributed by atoms with Gasteiger partial charge < -0.3 is 10.6 Å². The maximum Gasteiger partial charge on any atom is 0.255 e. The van der Waals surface area contributed by atoms with Crippen LogP contribution in [0.3, 0.4) is 0 Å². The Labute approximate surface area is 165 Å². The zero-order valence-corrected chi connectivity index (χ0v) is 15.4. The second-order valence-corrected chi connectivity index (χ2v) is 7.23. The molecule has 8 heteroatoms. The number of amides is 3. The van der Waals surface area contributed by atoms with Gasteiger partial charge in [-0.1, -0.05) is 6.07 Å². The number of fused-ring (bicyclic) bond motifs is 2. The number of hydrogen-bond acceptors (Lipinski definition) is 6. The van der Waals surface area contributed by atoms with Crippen molar-refractivity contribution in [1.82, 2.24) is 20.2 Å². The lowest BCUT2D eigenvalue weighted by Crippen LogP contribution is -2.52. The van der Waals surface area contributed by atoms with E-state index in [4.69, 9.17) is 5.73 Å². The molecule has 1 aromatic carbocycles. The standard InChI is InChI=1S/C21H17N5O3/c22-19-14-2-1-7-23-16(14)9-15(24-19)11-3-4-13-12(8-11)10-26(21(13)29)17-5-6-18(27)25-20(17)28/h1-4,7-9,17H,5-6,10H2,(H2,22,24)(H,25,27,28). The number of nitrogen functional groups attached to an aromatic ring is 1. The highest BCUT2D eigenvalue weighted by atomic mass is 16.2. The van der Waals surface area contributed by atoms with Gasteiger partial charge in [0.2, 0.25) is 11.8 Å². The average Bonchev–Trinajstić information content (AvgIpc) is 3.04. The summed E-state index contributed by atoms with van der Waals surface area (Å²) in [6.45, 7) is 0.315. The first-order chi connectivity index (χ1) is 14.0. The SMILES string of the molecule is Nc1nc(-c2ccc3c(c2)CN(C2CCC(=O)NC2=O)C3=O)cc2ncccc12. The molecule has 0 aliphatic carbocycles. The summed E-state index contributed by atoms with van der Waals surface area (Å²) in [6.07, 6.45) is 2.27. The summed E-state index contributed by atoms with van der Waals surface area (Å²) in [5, 5.41) is 3.10. The monoisotopic (exact) mass is 387 g/mol. The van der Waals surface area contributed by atoms with Crippen molar-refractivity contribution in [2.24, 2.45) is 0 Å². The van der Waals surface area contributed by atoms with Crippen LogP contribution in [0.1, 0.15) is 28.8 Å². The van der Waals surface area contributed by atoms with Crippen LogP contribution in [-0.4, -0.2) is 38.6 Å². The number of hydrogen-bond donors (Lipinski definition) is 2. The van der Waals surface area contributed by atoms with E-state index in [0.717, 1.165) is 22.0 Å². The molecule has 2 aliphatic heterocycles. The third kappa shape index (κ3) is 2.80. The maximum atomic E-state index is 12.8. The van der Waals surface area contributed by atoms with Crippen LogP contribution in [0.25, 0.3) is 22.2 Å². The number of piperidine rings is 1. The van der Waals surface area contributed by atoms with E-state index in [1.165, 1.54) is 4.90 Å². The van der Waals surface area contributed by atoms with Gasteiger partial charge in [0.15, 0.2) is 0 Å². The largest absolute Gasteiger partial charge is 0.383 e. The van der Waals surface area contributed by atoms with Crippen molar-refractivity contribution in [1.29, 1.82) is 0 Å². The number of nitrogens with one attached hydrogen (secondary N) is 1. The molecular weight excluding hydrogens is 370 g/mol. The minimum absolute atomic E-state index is 0.200. The van der Waals surface area contributed by atoms with Gasteiger partial charge in [-0.3, -0.25) is 24.7 Å². The highest BCUT2D eigenvalue weighted by Gasteiger charge is 2.39.